The Morgan fingerprint density at radius 2 is 2.35 bits per heavy atom. The molecule has 20 heavy (non-hydrogen) atoms. The number of hydrogen-bond acceptors (Lipinski definition) is 5. The molecule has 1 aromatic carbocycles. The van der Waals surface area contributed by atoms with Gasteiger partial charge in [-0.1, -0.05) is 17.7 Å². The standard InChI is InChI=1S/C13H15N3O4/c1-8-3-2-4-9(5-8)12(18)14-7-10(17)6-11-15-16-13(19)20-11/h2-5,10,17H,6-7H2,1H3,(H,14,18)(H,16,19). The summed E-state index contributed by atoms with van der Waals surface area (Å²) in [5, 5.41) is 18.0. The second kappa shape index (κ2) is 6.16. The number of aryl methyl sites for hydroxylation is 1. The summed E-state index contributed by atoms with van der Waals surface area (Å²) in [6.45, 7) is 1.94. The highest BCUT2D eigenvalue weighted by atomic mass is 16.4. The molecule has 3 N–H and O–H groups in total. The number of hydrogen-bond donors (Lipinski definition) is 3. The van der Waals surface area contributed by atoms with Crippen molar-refractivity contribution in [2.45, 2.75) is 19.4 Å². The van der Waals surface area contributed by atoms with Crippen LogP contribution in [0.5, 0.6) is 0 Å². The second-order valence-electron chi connectivity index (χ2n) is 4.44. The Morgan fingerprint density at radius 1 is 1.55 bits per heavy atom. The second-order valence-corrected chi connectivity index (χ2v) is 4.44. The molecule has 7 nitrogen and oxygen atoms in total. The van der Waals surface area contributed by atoms with E-state index in [1.165, 1.54) is 0 Å². The van der Waals surface area contributed by atoms with Crippen LogP contribution in [0.3, 0.4) is 0 Å². The van der Waals surface area contributed by atoms with E-state index in [4.69, 9.17) is 0 Å². The number of aliphatic hydroxyl groups is 1. The lowest BCUT2D eigenvalue weighted by molar-refractivity contribution is 0.0911. The molecule has 0 fully saturated rings. The summed E-state index contributed by atoms with van der Waals surface area (Å²) in [5.74, 6) is -0.834. The number of H-pyrrole nitrogens is 1. The molecule has 0 aliphatic carbocycles. The fourth-order valence-electron chi connectivity index (χ4n) is 1.72. The normalized spacial score (nSPS) is 12.1. The van der Waals surface area contributed by atoms with Gasteiger partial charge in [0, 0.05) is 12.1 Å². The minimum Gasteiger partial charge on any atom is -0.392 e. The van der Waals surface area contributed by atoms with Crippen molar-refractivity contribution in [2.75, 3.05) is 6.54 Å². The van der Waals surface area contributed by atoms with E-state index in [1.807, 2.05) is 13.0 Å². The molecule has 0 spiro atoms. The molecule has 1 aromatic heterocycles. The molecule has 1 unspecified atom stereocenters. The van der Waals surface area contributed by atoms with Crippen LogP contribution in [-0.4, -0.2) is 33.9 Å². The average Bonchev–Trinajstić information content (AvgIpc) is 2.81. The van der Waals surface area contributed by atoms with Gasteiger partial charge >= 0.3 is 5.76 Å². The molecule has 0 aliphatic rings. The average molecular weight is 277 g/mol. The molecular weight excluding hydrogens is 262 g/mol. The van der Waals surface area contributed by atoms with Gasteiger partial charge in [0.2, 0.25) is 5.89 Å². The summed E-state index contributed by atoms with van der Waals surface area (Å²) in [6, 6.07) is 7.14. The Kier molecular flexibility index (Phi) is 4.31. The number of aliphatic hydroxyl groups excluding tert-OH is 1. The Hall–Kier alpha value is -2.41. The van der Waals surface area contributed by atoms with Crippen LogP contribution in [0.25, 0.3) is 0 Å². The summed E-state index contributed by atoms with van der Waals surface area (Å²) in [7, 11) is 0. The Balaban J connectivity index is 1.85. The zero-order valence-corrected chi connectivity index (χ0v) is 10.9. The zero-order valence-electron chi connectivity index (χ0n) is 10.9. The highest BCUT2D eigenvalue weighted by Crippen LogP contribution is 2.03. The Morgan fingerprint density at radius 3 is 3.00 bits per heavy atom. The van der Waals surface area contributed by atoms with E-state index in [0.29, 0.717) is 5.56 Å². The molecule has 7 heteroatoms. The van der Waals surface area contributed by atoms with E-state index in [9.17, 15) is 14.7 Å². The maximum Gasteiger partial charge on any atom is 0.434 e. The van der Waals surface area contributed by atoms with Crippen molar-refractivity contribution in [1.29, 1.82) is 0 Å². The maximum atomic E-state index is 11.8. The van der Waals surface area contributed by atoms with Gasteiger partial charge in [-0.3, -0.25) is 4.79 Å². The van der Waals surface area contributed by atoms with Gasteiger partial charge in [-0.2, -0.15) is 0 Å². The fraction of sp³-hybridized carbons (Fsp3) is 0.308. The summed E-state index contributed by atoms with van der Waals surface area (Å²) in [6.07, 6.45) is -0.831. The monoisotopic (exact) mass is 277 g/mol. The Bertz CT molecular complexity index is 647. The van der Waals surface area contributed by atoms with Gasteiger partial charge in [-0.05, 0) is 19.1 Å². The van der Waals surface area contributed by atoms with Crippen molar-refractivity contribution < 1.29 is 14.3 Å². The molecular formula is C13H15N3O4. The van der Waals surface area contributed by atoms with E-state index in [2.05, 4.69) is 19.9 Å². The predicted molar refractivity (Wildman–Crippen MR) is 70.3 cm³/mol. The lowest BCUT2D eigenvalue weighted by Gasteiger charge is -2.10. The molecule has 2 rings (SSSR count). The molecule has 106 valence electrons. The first-order valence-electron chi connectivity index (χ1n) is 6.12. The van der Waals surface area contributed by atoms with Crippen molar-refractivity contribution in [1.82, 2.24) is 15.5 Å². The van der Waals surface area contributed by atoms with Gasteiger partial charge in [0.25, 0.3) is 5.91 Å². The third-order valence-electron chi connectivity index (χ3n) is 2.67. The minimum atomic E-state index is -0.879. The molecule has 0 saturated carbocycles. The number of aromatic nitrogens is 2. The van der Waals surface area contributed by atoms with Crippen molar-refractivity contribution in [3.8, 4) is 0 Å². The molecule has 1 atom stereocenters. The van der Waals surface area contributed by atoms with Crippen LogP contribution < -0.4 is 11.1 Å². The fourth-order valence-corrected chi connectivity index (χ4v) is 1.72. The van der Waals surface area contributed by atoms with Crippen molar-refractivity contribution >= 4 is 5.91 Å². The van der Waals surface area contributed by atoms with Gasteiger partial charge < -0.3 is 14.8 Å². The largest absolute Gasteiger partial charge is 0.434 e. The number of benzene rings is 1. The van der Waals surface area contributed by atoms with Gasteiger partial charge in [0.05, 0.1) is 12.5 Å². The van der Waals surface area contributed by atoms with Gasteiger partial charge in [-0.25, -0.2) is 9.89 Å². The number of nitrogens with zero attached hydrogens (tertiary/aromatic N) is 1. The topological polar surface area (TPSA) is 108 Å². The van der Waals surface area contributed by atoms with Crippen molar-refractivity contribution in [2.24, 2.45) is 0 Å². The number of nitrogens with one attached hydrogen (secondary N) is 2. The van der Waals surface area contributed by atoms with E-state index in [0.717, 1.165) is 5.56 Å². The summed E-state index contributed by atoms with van der Waals surface area (Å²) in [5.41, 5.74) is 1.51. The van der Waals surface area contributed by atoms with E-state index < -0.39 is 11.9 Å². The molecule has 0 radical (unpaired) electrons. The minimum absolute atomic E-state index is 0.0450. The first-order chi connectivity index (χ1) is 9.54. The number of aromatic amines is 1. The van der Waals surface area contributed by atoms with E-state index in [1.54, 1.807) is 18.2 Å². The van der Waals surface area contributed by atoms with E-state index in [-0.39, 0.29) is 24.8 Å². The summed E-state index contributed by atoms with van der Waals surface area (Å²) in [4.78, 5) is 22.6. The third kappa shape index (κ3) is 3.79. The van der Waals surface area contributed by atoms with Crippen LogP contribution in [0.2, 0.25) is 0 Å². The van der Waals surface area contributed by atoms with Crippen LogP contribution in [0.15, 0.2) is 33.5 Å². The quantitative estimate of drug-likeness (QED) is 0.713. The molecule has 0 bridgehead atoms. The molecule has 1 amide bonds. The van der Waals surface area contributed by atoms with E-state index >= 15 is 0 Å². The first-order valence-corrected chi connectivity index (χ1v) is 6.12. The number of rotatable bonds is 5. The number of carbonyl (C=O) groups is 1. The predicted octanol–water partition coefficient (Wildman–Crippen LogP) is 0.00472. The highest BCUT2D eigenvalue weighted by Gasteiger charge is 2.12. The molecule has 2 aromatic rings. The lowest BCUT2D eigenvalue weighted by atomic mass is 10.1. The zero-order chi connectivity index (χ0) is 14.5. The summed E-state index contributed by atoms with van der Waals surface area (Å²) >= 11 is 0. The van der Waals surface area contributed by atoms with Crippen LogP contribution in [-0.2, 0) is 6.42 Å². The lowest BCUT2D eigenvalue weighted by Crippen LogP contribution is -2.33. The van der Waals surface area contributed by atoms with Crippen molar-refractivity contribution in [3.63, 3.8) is 0 Å². The van der Waals surface area contributed by atoms with Gasteiger partial charge in [0.1, 0.15) is 0 Å². The van der Waals surface area contributed by atoms with Crippen LogP contribution in [0.1, 0.15) is 21.8 Å². The van der Waals surface area contributed by atoms with Crippen LogP contribution in [0, 0.1) is 6.92 Å². The molecule has 1 heterocycles. The van der Waals surface area contributed by atoms with Crippen LogP contribution in [0.4, 0.5) is 0 Å². The SMILES string of the molecule is Cc1cccc(C(=O)NCC(O)Cc2n[nH]c(=O)o2)c1. The van der Waals surface area contributed by atoms with Gasteiger partial charge in [-0.15, -0.1) is 5.10 Å². The number of amides is 1. The molecule has 0 saturated heterocycles. The highest BCUT2D eigenvalue weighted by molar-refractivity contribution is 5.94. The number of carbonyl (C=O) groups excluding carboxylic acids is 1. The van der Waals surface area contributed by atoms with Gasteiger partial charge in [0.15, 0.2) is 0 Å². The Labute approximate surface area is 114 Å². The van der Waals surface area contributed by atoms with Crippen molar-refractivity contribution in [3.05, 3.63) is 51.8 Å². The first kappa shape index (κ1) is 14.0. The third-order valence-corrected chi connectivity index (χ3v) is 2.67. The smallest absolute Gasteiger partial charge is 0.392 e. The van der Waals surface area contributed by atoms with Crippen LogP contribution >= 0.6 is 0 Å². The maximum absolute atomic E-state index is 11.8. The molecule has 0 aliphatic heterocycles. The summed E-state index contributed by atoms with van der Waals surface area (Å²) < 4.78 is 4.67.